The fraction of sp³-hybridized carbons (Fsp3) is 0.273. The molecule has 1 aromatic rings. The van der Waals surface area contributed by atoms with E-state index in [0.29, 0.717) is 17.8 Å². The number of carbonyl (C=O) groups is 2. The van der Waals surface area contributed by atoms with Gasteiger partial charge in [-0.05, 0) is 18.2 Å². The third-order valence-corrected chi connectivity index (χ3v) is 2.42. The zero-order valence-electron chi connectivity index (χ0n) is 9.61. The minimum atomic E-state index is -0.541. The summed E-state index contributed by atoms with van der Waals surface area (Å²) in [5.41, 5.74) is 11.5. The molecule has 0 aromatic heterocycles. The number of nitrogen functional groups attached to an aromatic ring is 1. The van der Waals surface area contributed by atoms with Crippen LogP contribution in [0.4, 0.5) is 5.69 Å². The smallest absolute Gasteiger partial charge is 0.251 e. The Bertz CT molecular complexity index is 431. The molecule has 0 bridgehead atoms. The summed E-state index contributed by atoms with van der Waals surface area (Å²) in [6.45, 7) is 0.358. The van der Waals surface area contributed by atoms with Crippen molar-refractivity contribution in [3.8, 4) is 0 Å². The zero-order valence-corrected chi connectivity index (χ0v) is 11.2. The van der Waals surface area contributed by atoms with Gasteiger partial charge in [0, 0.05) is 22.3 Å². The minimum absolute atomic E-state index is 0.153. The van der Waals surface area contributed by atoms with Gasteiger partial charge in [0.15, 0.2) is 0 Å². The lowest BCUT2D eigenvalue weighted by Gasteiger charge is -2.06. The van der Waals surface area contributed by atoms with Crippen molar-refractivity contribution >= 4 is 33.4 Å². The second kappa shape index (κ2) is 6.97. The minimum Gasteiger partial charge on any atom is -0.399 e. The summed E-state index contributed by atoms with van der Waals surface area (Å²) in [5.74, 6) is -0.799. The first-order chi connectivity index (χ1) is 8.49. The van der Waals surface area contributed by atoms with E-state index >= 15 is 0 Å². The van der Waals surface area contributed by atoms with Crippen LogP contribution in [-0.4, -0.2) is 31.6 Å². The van der Waals surface area contributed by atoms with E-state index in [1.165, 1.54) is 0 Å². The maximum atomic E-state index is 11.7. The molecule has 0 atom stereocenters. The number of hydrogen-bond acceptors (Lipinski definition) is 4. The van der Waals surface area contributed by atoms with E-state index in [4.69, 9.17) is 16.2 Å². The largest absolute Gasteiger partial charge is 0.399 e. The Hall–Kier alpha value is -1.60. The van der Waals surface area contributed by atoms with Gasteiger partial charge in [0.05, 0.1) is 6.61 Å². The van der Waals surface area contributed by atoms with Gasteiger partial charge in [-0.2, -0.15) is 0 Å². The number of anilines is 1. The lowest BCUT2D eigenvalue weighted by Crippen LogP contribution is -2.28. The van der Waals surface area contributed by atoms with E-state index in [-0.39, 0.29) is 19.1 Å². The Balaban J connectivity index is 2.38. The molecule has 0 heterocycles. The van der Waals surface area contributed by atoms with Crippen LogP contribution in [0, 0.1) is 0 Å². The normalized spacial score (nSPS) is 10.1. The Morgan fingerprint density at radius 2 is 2.06 bits per heavy atom. The second-order valence-electron chi connectivity index (χ2n) is 3.55. The van der Waals surface area contributed by atoms with Crippen molar-refractivity contribution in [3.63, 3.8) is 0 Å². The maximum absolute atomic E-state index is 11.7. The number of nitrogens with two attached hydrogens (primary N) is 2. The quantitative estimate of drug-likeness (QED) is 0.517. The summed E-state index contributed by atoms with van der Waals surface area (Å²) in [6, 6.07) is 4.94. The van der Waals surface area contributed by atoms with Crippen LogP contribution < -0.4 is 16.8 Å². The molecule has 0 aliphatic carbocycles. The van der Waals surface area contributed by atoms with E-state index in [9.17, 15) is 9.59 Å². The van der Waals surface area contributed by atoms with Crippen molar-refractivity contribution in [2.24, 2.45) is 5.73 Å². The van der Waals surface area contributed by atoms with Crippen molar-refractivity contribution in [2.45, 2.75) is 0 Å². The predicted molar refractivity (Wildman–Crippen MR) is 70.9 cm³/mol. The third kappa shape index (κ3) is 5.15. The van der Waals surface area contributed by atoms with Gasteiger partial charge >= 0.3 is 0 Å². The van der Waals surface area contributed by atoms with Crippen LogP contribution in [0.25, 0.3) is 0 Å². The zero-order chi connectivity index (χ0) is 13.5. The van der Waals surface area contributed by atoms with Crippen LogP contribution in [-0.2, 0) is 9.53 Å². The third-order valence-electron chi connectivity index (χ3n) is 1.96. The Morgan fingerprint density at radius 1 is 1.33 bits per heavy atom. The summed E-state index contributed by atoms with van der Waals surface area (Å²) in [4.78, 5) is 22.1. The molecular formula is C11H14BrN3O3. The predicted octanol–water partition coefficient (Wildman–Crippen LogP) is 0.263. The molecule has 0 saturated carbocycles. The molecule has 5 N–H and O–H groups in total. The first kappa shape index (κ1) is 14.5. The number of primary amides is 1. The molecule has 0 radical (unpaired) electrons. The molecule has 2 amide bonds. The van der Waals surface area contributed by atoms with Crippen molar-refractivity contribution in [3.05, 3.63) is 28.2 Å². The molecule has 7 heteroatoms. The average Bonchev–Trinajstić information content (AvgIpc) is 2.26. The van der Waals surface area contributed by atoms with Gasteiger partial charge in [0.2, 0.25) is 5.91 Å². The van der Waals surface area contributed by atoms with E-state index < -0.39 is 5.91 Å². The van der Waals surface area contributed by atoms with Crippen LogP contribution >= 0.6 is 15.9 Å². The number of rotatable bonds is 6. The number of ether oxygens (including phenoxy) is 1. The van der Waals surface area contributed by atoms with Gasteiger partial charge in [-0.3, -0.25) is 9.59 Å². The Kier molecular flexibility index (Phi) is 5.60. The summed E-state index contributed by atoms with van der Waals surface area (Å²) in [6.07, 6.45) is 0. The highest BCUT2D eigenvalue weighted by atomic mass is 79.9. The molecule has 0 unspecified atom stereocenters. The molecule has 0 aliphatic rings. The van der Waals surface area contributed by atoms with Crippen molar-refractivity contribution < 1.29 is 14.3 Å². The highest BCUT2D eigenvalue weighted by Crippen LogP contribution is 2.17. The second-order valence-corrected chi connectivity index (χ2v) is 4.46. The van der Waals surface area contributed by atoms with E-state index in [2.05, 4.69) is 21.2 Å². The fourth-order valence-electron chi connectivity index (χ4n) is 1.25. The SMILES string of the molecule is NC(=O)COCCNC(=O)c1cc(N)cc(Br)c1. The van der Waals surface area contributed by atoms with Crippen molar-refractivity contribution in [1.82, 2.24) is 5.32 Å². The topological polar surface area (TPSA) is 107 Å². The number of amides is 2. The van der Waals surface area contributed by atoms with Crippen LogP contribution in [0.5, 0.6) is 0 Å². The molecule has 6 nitrogen and oxygen atoms in total. The van der Waals surface area contributed by atoms with Gasteiger partial charge in [0.1, 0.15) is 6.61 Å². The van der Waals surface area contributed by atoms with Crippen molar-refractivity contribution in [2.75, 3.05) is 25.5 Å². The van der Waals surface area contributed by atoms with Crippen LogP contribution in [0.2, 0.25) is 0 Å². The molecule has 0 aliphatic heterocycles. The van der Waals surface area contributed by atoms with Gasteiger partial charge in [-0.15, -0.1) is 0 Å². The standard InChI is InChI=1S/C11H14BrN3O3/c12-8-3-7(4-9(13)5-8)11(17)15-1-2-18-6-10(14)16/h3-5H,1-2,6,13H2,(H2,14,16)(H,15,17). The van der Waals surface area contributed by atoms with Gasteiger partial charge in [0.25, 0.3) is 5.91 Å². The highest BCUT2D eigenvalue weighted by Gasteiger charge is 2.06. The van der Waals surface area contributed by atoms with Gasteiger partial charge < -0.3 is 21.5 Å². The molecule has 0 fully saturated rings. The maximum Gasteiger partial charge on any atom is 0.251 e. The molecule has 18 heavy (non-hydrogen) atoms. The van der Waals surface area contributed by atoms with E-state index in [1.54, 1.807) is 18.2 Å². The number of benzene rings is 1. The molecule has 0 saturated heterocycles. The van der Waals surface area contributed by atoms with E-state index in [0.717, 1.165) is 4.47 Å². The van der Waals surface area contributed by atoms with Gasteiger partial charge in [-0.25, -0.2) is 0 Å². The van der Waals surface area contributed by atoms with Crippen LogP contribution in [0.15, 0.2) is 22.7 Å². The van der Waals surface area contributed by atoms with Gasteiger partial charge in [-0.1, -0.05) is 15.9 Å². The van der Waals surface area contributed by atoms with Crippen molar-refractivity contribution in [1.29, 1.82) is 0 Å². The number of hydrogen-bond donors (Lipinski definition) is 3. The number of nitrogens with one attached hydrogen (secondary N) is 1. The first-order valence-electron chi connectivity index (χ1n) is 5.19. The van der Waals surface area contributed by atoms with E-state index in [1.807, 2.05) is 0 Å². The molecule has 1 aromatic carbocycles. The molecular weight excluding hydrogens is 302 g/mol. The average molecular weight is 316 g/mol. The molecule has 98 valence electrons. The Labute approximate surface area is 113 Å². The van der Waals surface area contributed by atoms with Crippen LogP contribution in [0.1, 0.15) is 10.4 Å². The number of carbonyl (C=O) groups excluding carboxylic acids is 2. The van der Waals surface area contributed by atoms with Crippen LogP contribution in [0.3, 0.4) is 0 Å². The number of halogens is 1. The molecule has 1 rings (SSSR count). The Morgan fingerprint density at radius 3 is 2.67 bits per heavy atom. The summed E-state index contributed by atoms with van der Waals surface area (Å²) >= 11 is 3.25. The molecule has 0 spiro atoms. The highest BCUT2D eigenvalue weighted by molar-refractivity contribution is 9.10. The summed E-state index contributed by atoms with van der Waals surface area (Å²) < 4.78 is 5.64. The monoisotopic (exact) mass is 315 g/mol. The fourth-order valence-corrected chi connectivity index (χ4v) is 1.77. The summed E-state index contributed by atoms with van der Waals surface area (Å²) in [5, 5.41) is 2.63. The summed E-state index contributed by atoms with van der Waals surface area (Å²) in [7, 11) is 0. The lowest BCUT2D eigenvalue weighted by atomic mass is 10.2. The first-order valence-corrected chi connectivity index (χ1v) is 5.98. The lowest BCUT2D eigenvalue weighted by molar-refractivity contribution is -0.122.